The second-order valence-electron chi connectivity index (χ2n) is 7.26. The highest BCUT2D eigenvalue weighted by Crippen LogP contribution is 2.26. The van der Waals surface area contributed by atoms with Crippen molar-refractivity contribution in [2.24, 2.45) is 7.05 Å². The van der Waals surface area contributed by atoms with Crippen molar-refractivity contribution < 1.29 is 0 Å². The second-order valence-corrected chi connectivity index (χ2v) is 7.26. The van der Waals surface area contributed by atoms with Crippen LogP contribution in [0.15, 0.2) is 30.7 Å². The molecule has 3 aromatic rings. The van der Waals surface area contributed by atoms with E-state index in [1.165, 1.54) is 12.8 Å². The van der Waals surface area contributed by atoms with E-state index >= 15 is 0 Å². The zero-order valence-electron chi connectivity index (χ0n) is 15.6. The Morgan fingerprint density at radius 3 is 2.69 bits per heavy atom. The molecule has 138 valence electrons. The summed E-state index contributed by atoms with van der Waals surface area (Å²) in [5, 5.41) is 15.6. The molecule has 0 spiro atoms. The summed E-state index contributed by atoms with van der Waals surface area (Å²) in [5.74, 6) is 1.44. The summed E-state index contributed by atoms with van der Waals surface area (Å²) in [7, 11) is 6.23. The predicted molar refractivity (Wildman–Crippen MR) is 103 cm³/mol. The predicted octanol–water partition coefficient (Wildman–Crippen LogP) is 2.49. The van der Waals surface area contributed by atoms with Crippen LogP contribution in [-0.4, -0.2) is 55.5 Å². The fraction of sp³-hybridized carbons (Fsp3) is 0.500. The average Bonchev–Trinajstić information content (AvgIpc) is 3.24. The van der Waals surface area contributed by atoms with Gasteiger partial charge in [-0.2, -0.15) is 10.1 Å². The lowest BCUT2D eigenvalue weighted by Crippen LogP contribution is -2.36. The molecule has 3 heterocycles. The van der Waals surface area contributed by atoms with Gasteiger partial charge in [0.2, 0.25) is 5.95 Å². The van der Waals surface area contributed by atoms with Gasteiger partial charge in [0, 0.05) is 31.5 Å². The fourth-order valence-corrected chi connectivity index (χ4v) is 3.64. The van der Waals surface area contributed by atoms with Crippen molar-refractivity contribution in [1.29, 1.82) is 0 Å². The summed E-state index contributed by atoms with van der Waals surface area (Å²) in [6.07, 6.45) is 10.4. The number of aromatic nitrogens is 5. The van der Waals surface area contributed by atoms with Crippen molar-refractivity contribution in [1.82, 2.24) is 29.3 Å². The molecule has 0 saturated heterocycles. The lowest BCUT2D eigenvalue weighted by atomic mass is 9.90. The van der Waals surface area contributed by atoms with Crippen LogP contribution in [0.1, 0.15) is 25.7 Å². The van der Waals surface area contributed by atoms with Gasteiger partial charge >= 0.3 is 0 Å². The fourth-order valence-electron chi connectivity index (χ4n) is 3.64. The molecular weight excluding hydrogens is 328 g/mol. The molecule has 0 unspecified atom stereocenters. The Morgan fingerprint density at radius 1 is 1.19 bits per heavy atom. The number of hydrogen-bond donors (Lipinski definition) is 2. The van der Waals surface area contributed by atoms with Crippen molar-refractivity contribution in [3.8, 4) is 0 Å². The van der Waals surface area contributed by atoms with Gasteiger partial charge < -0.3 is 15.5 Å². The van der Waals surface area contributed by atoms with Crippen LogP contribution in [0, 0.1) is 0 Å². The standard InChI is InChI=1S/C18H26N8/c1-24(2)15-8-6-13(7-9-15)20-17-16-5-4-10-26(16)23-18(22-17)21-14-11-19-25(3)12-14/h4-5,10-13,15H,6-9H2,1-3H3,(H2,20,21,22,23). The van der Waals surface area contributed by atoms with Gasteiger partial charge in [-0.25, -0.2) is 4.52 Å². The molecule has 0 bridgehead atoms. The Labute approximate surface area is 153 Å². The topological polar surface area (TPSA) is 75.3 Å². The number of nitrogens with zero attached hydrogens (tertiary/aromatic N) is 6. The normalized spacial score (nSPS) is 20.6. The number of aryl methyl sites for hydroxylation is 1. The summed E-state index contributed by atoms with van der Waals surface area (Å²) < 4.78 is 3.61. The van der Waals surface area contributed by atoms with Gasteiger partial charge in [0.15, 0.2) is 5.82 Å². The maximum atomic E-state index is 4.72. The minimum atomic E-state index is 0.450. The lowest BCUT2D eigenvalue weighted by Gasteiger charge is -2.33. The van der Waals surface area contributed by atoms with Crippen LogP contribution >= 0.6 is 0 Å². The first-order valence-corrected chi connectivity index (χ1v) is 9.12. The lowest BCUT2D eigenvalue weighted by molar-refractivity contribution is 0.221. The van der Waals surface area contributed by atoms with Gasteiger partial charge in [0.05, 0.1) is 11.9 Å². The third-order valence-electron chi connectivity index (χ3n) is 5.12. The average molecular weight is 354 g/mol. The van der Waals surface area contributed by atoms with Gasteiger partial charge in [-0.3, -0.25) is 4.68 Å². The molecule has 3 aromatic heterocycles. The largest absolute Gasteiger partial charge is 0.365 e. The molecule has 0 amide bonds. The molecule has 1 aliphatic rings. The smallest absolute Gasteiger partial charge is 0.247 e. The van der Waals surface area contributed by atoms with Crippen LogP contribution in [-0.2, 0) is 7.05 Å². The first kappa shape index (κ1) is 16.8. The Hall–Kier alpha value is -2.61. The van der Waals surface area contributed by atoms with Crippen LogP contribution in [0.5, 0.6) is 0 Å². The van der Waals surface area contributed by atoms with E-state index in [0.717, 1.165) is 29.9 Å². The van der Waals surface area contributed by atoms with Gasteiger partial charge in [0.25, 0.3) is 0 Å². The zero-order valence-corrected chi connectivity index (χ0v) is 15.6. The summed E-state index contributed by atoms with van der Waals surface area (Å²) in [6.45, 7) is 0. The molecule has 0 atom stereocenters. The van der Waals surface area contributed by atoms with E-state index in [1.807, 2.05) is 36.1 Å². The molecule has 2 N–H and O–H groups in total. The summed E-state index contributed by atoms with van der Waals surface area (Å²) >= 11 is 0. The molecule has 4 rings (SSSR count). The van der Waals surface area contributed by atoms with Gasteiger partial charge in [0.1, 0.15) is 5.52 Å². The Bertz CT molecular complexity index is 872. The molecule has 1 saturated carbocycles. The molecule has 1 aliphatic carbocycles. The number of rotatable bonds is 5. The van der Waals surface area contributed by atoms with Crippen LogP contribution in [0.4, 0.5) is 17.5 Å². The highest BCUT2D eigenvalue weighted by molar-refractivity contribution is 5.69. The van der Waals surface area contributed by atoms with Crippen molar-refractivity contribution in [2.45, 2.75) is 37.8 Å². The van der Waals surface area contributed by atoms with E-state index in [0.29, 0.717) is 18.0 Å². The van der Waals surface area contributed by atoms with Crippen LogP contribution in [0.25, 0.3) is 5.52 Å². The number of fused-ring (bicyclic) bond motifs is 1. The van der Waals surface area contributed by atoms with Crippen molar-refractivity contribution in [3.63, 3.8) is 0 Å². The van der Waals surface area contributed by atoms with E-state index < -0.39 is 0 Å². The Balaban J connectivity index is 1.53. The summed E-state index contributed by atoms with van der Waals surface area (Å²) in [4.78, 5) is 7.06. The summed E-state index contributed by atoms with van der Waals surface area (Å²) in [6, 6.07) is 5.17. The highest BCUT2D eigenvalue weighted by Gasteiger charge is 2.23. The maximum Gasteiger partial charge on any atom is 0.247 e. The summed E-state index contributed by atoms with van der Waals surface area (Å²) in [5.41, 5.74) is 1.87. The minimum Gasteiger partial charge on any atom is -0.365 e. The Morgan fingerprint density at radius 2 is 2.00 bits per heavy atom. The van der Waals surface area contributed by atoms with Crippen molar-refractivity contribution in [2.75, 3.05) is 24.7 Å². The number of nitrogens with one attached hydrogen (secondary N) is 2. The third kappa shape index (κ3) is 3.50. The first-order chi connectivity index (χ1) is 12.6. The molecule has 1 fully saturated rings. The minimum absolute atomic E-state index is 0.450. The Kier molecular flexibility index (Phi) is 4.50. The van der Waals surface area contributed by atoms with Crippen molar-refractivity contribution in [3.05, 3.63) is 30.7 Å². The van der Waals surface area contributed by atoms with Crippen LogP contribution < -0.4 is 10.6 Å². The van der Waals surface area contributed by atoms with E-state index in [2.05, 4.69) is 39.8 Å². The monoisotopic (exact) mass is 354 g/mol. The number of anilines is 3. The van der Waals surface area contributed by atoms with E-state index in [9.17, 15) is 0 Å². The van der Waals surface area contributed by atoms with Gasteiger partial charge in [-0.1, -0.05) is 0 Å². The van der Waals surface area contributed by atoms with Crippen molar-refractivity contribution >= 4 is 23.0 Å². The van der Waals surface area contributed by atoms with E-state index in [1.54, 1.807) is 10.9 Å². The number of hydrogen-bond acceptors (Lipinski definition) is 6. The first-order valence-electron chi connectivity index (χ1n) is 9.12. The second kappa shape index (κ2) is 6.95. The third-order valence-corrected chi connectivity index (χ3v) is 5.12. The van der Waals surface area contributed by atoms with E-state index in [4.69, 9.17) is 4.98 Å². The molecule has 0 aliphatic heterocycles. The molecule has 8 nitrogen and oxygen atoms in total. The van der Waals surface area contributed by atoms with Gasteiger partial charge in [-0.05, 0) is 51.9 Å². The maximum absolute atomic E-state index is 4.72. The molecule has 0 radical (unpaired) electrons. The SMILES string of the molecule is CN(C)C1CCC(Nc2nc(Nc3cnn(C)c3)nn3cccc23)CC1. The van der Waals surface area contributed by atoms with Crippen LogP contribution in [0.2, 0.25) is 0 Å². The zero-order chi connectivity index (χ0) is 18.1. The highest BCUT2D eigenvalue weighted by atomic mass is 15.3. The molecule has 0 aromatic carbocycles. The molecule has 26 heavy (non-hydrogen) atoms. The molecular formula is C18H26N8. The van der Waals surface area contributed by atoms with Crippen LogP contribution in [0.3, 0.4) is 0 Å². The van der Waals surface area contributed by atoms with Gasteiger partial charge in [-0.15, -0.1) is 5.10 Å². The quantitative estimate of drug-likeness (QED) is 0.733. The molecule has 8 heteroatoms. The van der Waals surface area contributed by atoms with E-state index in [-0.39, 0.29) is 0 Å².